The molecule has 8 nitrogen and oxygen atoms in total. The van der Waals surface area contributed by atoms with Crippen LogP contribution in [0, 0.1) is 0 Å². The van der Waals surface area contributed by atoms with E-state index in [0.29, 0.717) is 42.0 Å². The lowest BCUT2D eigenvalue weighted by atomic mass is 10.2. The summed E-state index contributed by atoms with van der Waals surface area (Å²) in [7, 11) is 1.79. The summed E-state index contributed by atoms with van der Waals surface area (Å²) < 4.78 is 9.09. The van der Waals surface area contributed by atoms with E-state index in [1.54, 1.807) is 40.6 Å². The minimum atomic E-state index is -0.120. The Kier molecular flexibility index (Phi) is 6.31. The fourth-order valence-electron chi connectivity index (χ4n) is 3.36. The van der Waals surface area contributed by atoms with Crippen molar-refractivity contribution in [2.75, 3.05) is 11.9 Å². The van der Waals surface area contributed by atoms with Crippen molar-refractivity contribution in [1.82, 2.24) is 19.3 Å². The van der Waals surface area contributed by atoms with Gasteiger partial charge in [0.2, 0.25) is 5.91 Å². The van der Waals surface area contributed by atoms with Crippen molar-refractivity contribution in [3.05, 3.63) is 46.1 Å². The molecular weight excluding hydrogens is 370 g/mol. The van der Waals surface area contributed by atoms with Gasteiger partial charge in [-0.2, -0.15) is 5.10 Å². The summed E-state index contributed by atoms with van der Waals surface area (Å²) >= 11 is 0. The predicted molar refractivity (Wildman–Crippen MR) is 112 cm³/mol. The minimum absolute atomic E-state index is 0.0891. The smallest absolute Gasteiger partial charge is 0.279 e. The maximum Gasteiger partial charge on any atom is 0.279 e. The summed E-state index contributed by atoms with van der Waals surface area (Å²) in [4.78, 5) is 28.9. The summed E-state index contributed by atoms with van der Waals surface area (Å²) in [5, 5.41) is 7.21. The fourth-order valence-corrected chi connectivity index (χ4v) is 3.36. The van der Waals surface area contributed by atoms with Crippen molar-refractivity contribution in [3.63, 3.8) is 0 Å². The third-order valence-electron chi connectivity index (χ3n) is 4.65. The van der Waals surface area contributed by atoms with Crippen LogP contribution in [0.3, 0.4) is 0 Å². The van der Waals surface area contributed by atoms with Crippen LogP contribution in [0.1, 0.15) is 38.7 Å². The van der Waals surface area contributed by atoms with Gasteiger partial charge in [0.05, 0.1) is 12.2 Å². The molecule has 1 amide bonds. The van der Waals surface area contributed by atoms with Gasteiger partial charge in [0.25, 0.3) is 5.56 Å². The number of benzene rings is 1. The number of hydrogen-bond donors (Lipinski definition) is 1. The first-order valence-electron chi connectivity index (χ1n) is 9.90. The van der Waals surface area contributed by atoms with E-state index in [-0.39, 0.29) is 11.5 Å². The molecule has 0 saturated heterocycles. The molecule has 0 bridgehead atoms. The molecule has 0 atom stereocenters. The molecule has 2 aromatic heterocycles. The van der Waals surface area contributed by atoms with Crippen LogP contribution >= 0.6 is 0 Å². The Morgan fingerprint density at radius 2 is 1.93 bits per heavy atom. The fraction of sp³-hybridized carbons (Fsp3) is 0.429. The molecule has 0 saturated carbocycles. The molecule has 0 unspecified atom stereocenters. The largest absolute Gasteiger partial charge is 0.492 e. The van der Waals surface area contributed by atoms with Gasteiger partial charge in [-0.25, -0.2) is 4.98 Å². The van der Waals surface area contributed by atoms with Crippen molar-refractivity contribution >= 4 is 22.6 Å². The monoisotopic (exact) mass is 397 g/mol. The van der Waals surface area contributed by atoms with Gasteiger partial charge in [-0.15, -0.1) is 0 Å². The number of fused-ring (bicyclic) bond motifs is 1. The van der Waals surface area contributed by atoms with Gasteiger partial charge < -0.3 is 10.1 Å². The molecule has 0 aliphatic rings. The molecule has 3 rings (SSSR count). The molecule has 0 aliphatic carbocycles. The predicted octanol–water partition coefficient (Wildman–Crippen LogP) is 2.68. The number of nitrogens with zero attached hydrogens (tertiary/aromatic N) is 4. The molecule has 154 valence electrons. The second-order valence-electron chi connectivity index (χ2n) is 6.91. The summed E-state index contributed by atoms with van der Waals surface area (Å²) in [6.07, 6.45) is 2.40. The van der Waals surface area contributed by atoms with Crippen molar-refractivity contribution in [3.8, 4) is 5.75 Å². The lowest BCUT2D eigenvalue weighted by Gasteiger charge is -2.13. The van der Waals surface area contributed by atoms with Gasteiger partial charge in [0.1, 0.15) is 23.7 Å². The van der Waals surface area contributed by atoms with Crippen LogP contribution in [0.4, 0.5) is 5.69 Å². The van der Waals surface area contributed by atoms with Gasteiger partial charge in [0.15, 0.2) is 5.52 Å². The van der Waals surface area contributed by atoms with Crippen LogP contribution in [0.5, 0.6) is 5.75 Å². The summed E-state index contributed by atoms with van der Waals surface area (Å²) in [5.41, 5.74) is 2.74. The number of amides is 1. The SMILES string of the molecule is CCCc1nn(C)c2c(=O)n(CCOc3ccc(NC(C)=O)cc3)c(CC)nc12. The Hall–Kier alpha value is -3.16. The first kappa shape index (κ1) is 20.6. The molecule has 0 spiro atoms. The lowest BCUT2D eigenvalue weighted by Crippen LogP contribution is -2.28. The molecule has 1 aromatic carbocycles. The van der Waals surface area contributed by atoms with Crippen LogP contribution < -0.4 is 15.6 Å². The lowest BCUT2D eigenvalue weighted by molar-refractivity contribution is -0.114. The van der Waals surface area contributed by atoms with Gasteiger partial charge >= 0.3 is 0 Å². The topological polar surface area (TPSA) is 91.0 Å². The molecule has 0 fully saturated rings. The standard InChI is InChI=1S/C21H27N5O3/c1-5-7-17-19-20(25(4)24-17)21(28)26(18(6-2)23-19)12-13-29-16-10-8-15(9-11-16)22-14(3)27/h8-11H,5-7,12-13H2,1-4H3,(H,22,27). The van der Waals surface area contributed by atoms with Crippen LogP contribution in [0.15, 0.2) is 29.1 Å². The average Bonchev–Trinajstić information content (AvgIpc) is 3.00. The summed E-state index contributed by atoms with van der Waals surface area (Å²) in [6, 6.07) is 7.13. The number of nitrogens with one attached hydrogen (secondary N) is 1. The number of ether oxygens (including phenoxy) is 1. The maximum atomic E-state index is 13.1. The molecule has 2 heterocycles. The number of aryl methyl sites for hydroxylation is 3. The molecule has 0 aliphatic heterocycles. The summed E-state index contributed by atoms with van der Waals surface area (Å²) in [5.74, 6) is 1.28. The van der Waals surface area contributed by atoms with E-state index in [4.69, 9.17) is 9.72 Å². The van der Waals surface area contributed by atoms with Crippen LogP contribution in [-0.4, -0.2) is 31.8 Å². The van der Waals surface area contributed by atoms with Gasteiger partial charge in [0, 0.05) is 26.1 Å². The van der Waals surface area contributed by atoms with Crippen molar-refractivity contribution in [2.24, 2.45) is 7.05 Å². The molecule has 3 aromatic rings. The molecular formula is C21H27N5O3. The highest BCUT2D eigenvalue weighted by molar-refractivity contribution is 5.88. The van der Waals surface area contributed by atoms with Gasteiger partial charge in [-0.1, -0.05) is 20.3 Å². The minimum Gasteiger partial charge on any atom is -0.492 e. The number of carbonyl (C=O) groups is 1. The number of aromatic nitrogens is 4. The highest BCUT2D eigenvalue weighted by atomic mass is 16.5. The zero-order valence-corrected chi connectivity index (χ0v) is 17.4. The van der Waals surface area contributed by atoms with Crippen molar-refractivity contribution in [2.45, 2.75) is 46.6 Å². The number of carbonyl (C=O) groups excluding carboxylic acids is 1. The highest BCUT2D eigenvalue weighted by Crippen LogP contribution is 2.17. The van der Waals surface area contributed by atoms with E-state index in [1.807, 2.05) is 6.92 Å². The molecule has 0 radical (unpaired) electrons. The van der Waals surface area contributed by atoms with Crippen LogP contribution in [0.2, 0.25) is 0 Å². The summed E-state index contributed by atoms with van der Waals surface area (Å²) in [6.45, 7) is 6.27. The van der Waals surface area contributed by atoms with E-state index in [0.717, 1.165) is 24.4 Å². The van der Waals surface area contributed by atoms with E-state index >= 15 is 0 Å². The Labute approximate surface area is 169 Å². The number of anilines is 1. The zero-order valence-electron chi connectivity index (χ0n) is 17.4. The first-order chi connectivity index (χ1) is 13.9. The second-order valence-corrected chi connectivity index (χ2v) is 6.91. The molecule has 29 heavy (non-hydrogen) atoms. The number of hydrogen-bond acceptors (Lipinski definition) is 5. The van der Waals surface area contributed by atoms with E-state index in [2.05, 4.69) is 17.3 Å². The Balaban J connectivity index is 1.79. The first-order valence-corrected chi connectivity index (χ1v) is 9.90. The van der Waals surface area contributed by atoms with E-state index in [9.17, 15) is 9.59 Å². The van der Waals surface area contributed by atoms with Crippen LogP contribution in [-0.2, 0) is 31.2 Å². The van der Waals surface area contributed by atoms with Crippen molar-refractivity contribution in [1.29, 1.82) is 0 Å². The third kappa shape index (κ3) is 4.47. The van der Waals surface area contributed by atoms with E-state index < -0.39 is 0 Å². The second kappa shape index (κ2) is 8.89. The Bertz CT molecular complexity index is 1070. The molecule has 1 N–H and O–H groups in total. The Morgan fingerprint density at radius 3 is 2.55 bits per heavy atom. The molecule has 8 heteroatoms. The Morgan fingerprint density at radius 1 is 1.21 bits per heavy atom. The third-order valence-corrected chi connectivity index (χ3v) is 4.65. The quantitative estimate of drug-likeness (QED) is 0.631. The normalized spacial score (nSPS) is 11.0. The van der Waals surface area contributed by atoms with Crippen molar-refractivity contribution < 1.29 is 9.53 Å². The zero-order chi connectivity index (χ0) is 21.0. The maximum absolute atomic E-state index is 13.1. The van der Waals surface area contributed by atoms with E-state index in [1.165, 1.54) is 6.92 Å². The average molecular weight is 397 g/mol. The van der Waals surface area contributed by atoms with Gasteiger partial charge in [-0.05, 0) is 30.7 Å². The van der Waals surface area contributed by atoms with Crippen LogP contribution in [0.25, 0.3) is 11.0 Å². The highest BCUT2D eigenvalue weighted by Gasteiger charge is 2.17. The van der Waals surface area contributed by atoms with Gasteiger partial charge in [-0.3, -0.25) is 18.8 Å². The number of rotatable bonds is 8.